The molecule has 16 heavy (non-hydrogen) atoms. The van der Waals surface area contributed by atoms with Crippen molar-refractivity contribution in [3.8, 4) is 0 Å². The highest BCUT2D eigenvalue weighted by Gasteiger charge is 2.14. The van der Waals surface area contributed by atoms with E-state index in [0.29, 0.717) is 11.3 Å². The Morgan fingerprint density at radius 3 is 2.69 bits per heavy atom. The first-order valence-electron chi connectivity index (χ1n) is 4.74. The van der Waals surface area contributed by atoms with Crippen molar-refractivity contribution in [2.24, 2.45) is 0 Å². The SMILES string of the molecule is Cc1c(N)cccc1C(=O)c1ccc(Br)s1. The second kappa shape index (κ2) is 4.39. The summed E-state index contributed by atoms with van der Waals surface area (Å²) >= 11 is 4.78. The molecular formula is C12H10BrNOS. The standard InChI is InChI=1S/C12H10BrNOS/c1-7-8(3-2-4-9(7)14)12(15)10-5-6-11(13)16-10/h2-6H,14H2,1H3. The zero-order chi connectivity index (χ0) is 11.7. The Hall–Kier alpha value is -1.13. The van der Waals surface area contributed by atoms with E-state index in [1.54, 1.807) is 12.1 Å². The molecule has 82 valence electrons. The quantitative estimate of drug-likeness (QED) is 0.679. The molecule has 0 spiro atoms. The molecule has 0 fully saturated rings. The van der Waals surface area contributed by atoms with E-state index in [0.717, 1.165) is 14.2 Å². The monoisotopic (exact) mass is 295 g/mol. The van der Waals surface area contributed by atoms with Gasteiger partial charge in [0.2, 0.25) is 5.78 Å². The molecule has 2 aromatic rings. The summed E-state index contributed by atoms with van der Waals surface area (Å²) in [7, 11) is 0. The lowest BCUT2D eigenvalue weighted by Gasteiger charge is -2.05. The summed E-state index contributed by atoms with van der Waals surface area (Å²) in [5.74, 6) is 0.0282. The summed E-state index contributed by atoms with van der Waals surface area (Å²) in [6.45, 7) is 1.87. The number of nitrogen functional groups attached to an aromatic ring is 1. The third-order valence-corrected chi connectivity index (χ3v) is 4.04. The van der Waals surface area contributed by atoms with Crippen LogP contribution in [0.1, 0.15) is 20.8 Å². The third kappa shape index (κ3) is 2.03. The van der Waals surface area contributed by atoms with Crippen LogP contribution in [0, 0.1) is 6.92 Å². The number of halogens is 1. The van der Waals surface area contributed by atoms with E-state index < -0.39 is 0 Å². The summed E-state index contributed by atoms with van der Waals surface area (Å²) in [5.41, 5.74) is 7.96. The molecule has 0 aliphatic carbocycles. The zero-order valence-corrected chi connectivity index (χ0v) is 11.1. The van der Waals surface area contributed by atoms with E-state index in [1.165, 1.54) is 11.3 Å². The molecule has 0 aliphatic rings. The highest BCUT2D eigenvalue weighted by molar-refractivity contribution is 9.11. The number of rotatable bonds is 2. The van der Waals surface area contributed by atoms with Crippen LogP contribution in [0.25, 0.3) is 0 Å². The topological polar surface area (TPSA) is 43.1 Å². The predicted molar refractivity (Wildman–Crippen MR) is 71.0 cm³/mol. The van der Waals surface area contributed by atoms with E-state index in [2.05, 4.69) is 15.9 Å². The number of carbonyl (C=O) groups is 1. The number of thiophene rings is 1. The Morgan fingerprint density at radius 2 is 2.06 bits per heavy atom. The van der Waals surface area contributed by atoms with Gasteiger partial charge in [-0.05, 0) is 46.6 Å². The van der Waals surface area contributed by atoms with Crippen LogP contribution in [0.4, 0.5) is 5.69 Å². The lowest BCUT2D eigenvalue weighted by atomic mass is 10.0. The normalized spacial score (nSPS) is 10.4. The first-order chi connectivity index (χ1) is 7.59. The van der Waals surface area contributed by atoms with Crippen LogP contribution in [0.5, 0.6) is 0 Å². The van der Waals surface area contributed by atoms with Gasteiger partial charge >= 0.3 is 0 Å². The molecule has 0 saturated heterocycles. The summed E-state index contributed by atoms with van der Waals surface area (Å²) in [4.78, 5) is 12.9. The second-order valence-corrected chi connectivity index (χ2v) is 5.92. The van der Waals surface area contributed by atoms with Gasteiger partial charge in [0.15, 0.2) is 0 Å². The Bertz CT molecular complexity index is 548. The van der Waals surface area contributed by atoms with Gasteiger partial charge in [-0.2, -0.15) is 0 Å². The Kier molecular flexibility index (Phi) is 3.12. The number of carbonyl (C=O) groups excluding carboxylic acids is 1. The van der Waals surface area contributed by atoms with Crippen LogP contribution >= 0.6 is 27.3 Å². The van der Waals surface area contributed by atoms with Crippen LogP contribution in [0.15, 0.2) is 34.1 Å². The van der Waals surface area contributed by atoms with Gasteiger partial charge < -0.3 is 5.73 Å². The smallest absolute Gasteiger partial charge is 0.203 e. The van der Waals surface area contributed by atoms with E-state index in [1.807, 2.05) is 25.1 Å². The first kappa shape index (κ1) is 11.4. The maximum atomic E-state index is 12.2. The number of anilines is 1. The molecule has 0 radical (unpaired) electrons. The number of nitrogens with two attached hydrogens (primary N) is 1. The fraction of sp³-hybridized carbons (Fsp3) is 0.0833. The number of hydrogen-bond donors (Lipinski definition) is 1. The summed E-state index contributed by atoms with van der Waals surface area (Å²) < 4.78 is 0.956. The van der Waals surface area contributed by atoms with E-state index in [-0.39, 0.29) is 5.78 Å². The van der Waals surface area contributed by atoms with Gasteiger partial charge in [-0.1, -0.05) is 12.1 Å². The van der Waals surface area contributed by atoms with Gasteiger partial charge in [0.1, 0.15) is 0 Å². The van der Waals surface area contributed by atoms with Crippen molar-refractivity contribution >= 4 is 38.7 Å². The van der Waals surface area contributed by atoms with Gasteiger partial charge in [-0.25, -0.2) is 0 Å². The van der Waals surface area contributed by atoms with E-state index in [4.69, 9.17) is 5.73 Å². The number of hydrogen-bond acceptors (Lipinski definition) is 3. The molecular weight excluding hydrogens is 286 g/mol. The van der Waals surface area contributed by atoms with Crippen LogP contribution in [-0.4, -0.2) is 5.78 Å². The molecule has 1 aromatic carbocycles. The van der Waals surface area contributed by atoms with Gasteiger partial charge in [0.05, 0.1) is 8.66 Å². The van der Waals surface area contributed by atoms with Gasteiger partial charge in [0.25, 0.3) is 0 Å². The van der Waals surface area contributed by atoms with Crippen molar-refractivity contribution in [1.82, 2.24) is 0 Å². The highest BCUT2D eigenvalue weighted by atomic mass is 79.9. The molecule has 0 bridgehead atoms. The Morgan fingerprint density at radius 1 is 1.31 bits per heavy atom. The first-order valence-corrected chi connectivity index (χ1v) is 6.35. The molecule has 0 atom stereocenters. The van der Waals surface area contributed by atoms with Crippen LogP contribution < -0.4 is 5.73 Å². The summed E-state index contributed by atoms with van der Waals surface area (Å²) in [6, 6.07) is 9.11. The van der Waals surface area contributed by atoms with Gasteiger partial charge in [-0.15, -0.1) is 11.3 Å². The van der Waals surface area contributed by atoms with Crippen LogP contribution in [0.3, 0.4) is 0 Å². The van der Waals surface area contributed by atoms with Crippen molar-refractivity contribution in [2.75, 3.05) is 5.73 Å². The Labute approximate surface area is 106 Å². The average molecular weight is 296 g/mol. The lowest BCUT2D eigenvalue weighted by Crippen LogP contribution is -2.03. The van der Waals surface area contributed by atoms with Crippen molar-refractivity contribution in [3.05, 3.63) is 50.1 Å². The minimum absolute atomic E-state index is 0.0282. The minimum atomic E-state index is 0.0282. The predicted octanol–water partition coefficient (Wildman–Crippen LogP) is 3.63. The lowest BCUT2D eigenvalue weighted by molar-refractivity contribution is 0.104. The maximum Gasteiger partial charge on any atom is 0.203 e. The molecule has 0 aliphatic heterocycles. The van der Waals surface area contributed by atoms with Crippen LogP contribution in [0.2, 0.25) is 0 Å². The fourth-order valence-corrected chi connectivity index (χ4v) is 2.81. The molecule has 2 N–H and O–H groups in total. The van der Waals surface area contributed by atoms with Crippen molar-refractivity contribution in [2.45, 2.75) is 6.92 Å². The van der Waals surface area contributed by atoms with E-state index >= 15 is 0 Å². The molecule has 4 heteroatoms. The largest absolute Gasteiger partial charge is 0.398 e. The van der Waals surface area contributed by atoms with Gasteiger partial charge in [0, 0.05) is 11.3 Å². The molecule has 0 saturated carbocycles. The van der Waals surface area contributed by atoms with Gasteiger partial charge in [-0.3, -0.25) is 4.79 Å². The fourth-order valence-electron chi connectivity index (χ4n) is 1.47. The van der Waals surface area contributed by atoms with E-state index in [9.17, 15) is 4.79 Å². The number of ketones is 1. The van der Waals surface area contributed by atoms with Crippen molar-refractivity contribution < 1.29 is 4.79 Å². The molecule has 0 unspecified atom stereocenters. The molecule has 1 aromatic heterocycles. The maximum absolute atomic E-state index is 12.2. The summed E-state index contributed by atoms with van der Waals surface area (Å²) in [6.07, 6.45) is 0. The van der Waals surface area contributed by atoms with Crippen molar-refractivity contribution in [3.63, 3.8) is 0 Å². The minimum Gasteiger partial charge on any atom is -0.398 e. The Balaban J connectivity index is 2.45. The molecule has 1 heterocycles. The average Bonchev–Trinajstić information content (AvgIpc) is 2.68. The summed E-state index contributed by atoms with van der Waals surface area (Å²) in [5, 5.41) is 0. The third-order valence-electron chi connectivity index (χ3n) is 2.42. The second-order valence-electron chi connectivity index (χ2n) is 3.45. The highest BCUT2D eigenvalue weighted by Crippen LogP contribution is 2.26. The number of benzene rings is 1. The van der Waals surface area contributed by atoms with Crippen LogP contribution in [-0.2, 0) is 0 Å². The van der Waals surface area contributed by atoms with Crippen molar-refractivity contribution in [1.29, 1.82) is 0 Å². The molecule has 0 amide bonds. The molecule has 2 nitrogen and oxygen atoms in total. The molecule has 2 rings (SSSR count). The zero-order valence-electron chi connectivity index (χ0n) is 8.66.